The van der Waals surface area contributed by atoms with Crippen LogP contribution in [0.25, 0.3) is 17.2 Å². The summed E-state index contributed by atoms with van der Waals surface area (Å²) in [6.45, 7) is 0.913. The minimum absolute atomic E-state index is 0.338. The lowest BCUT2D eigenvalue weighted by Crippen LogP contribution is -2.03. The standard InChI is InChI=1S/C13H12F2N6/c1-8-7-10(3-5-16-8)21-12(17-9(2)18-21)11-4-6-20(19-11)13(14)15/h3-7,13H,1-2H3. The topological polar surface area (TPSA) is 61.4 Å². The van der Waals surface area contributed by atoms with Crippen LogP contribution in [0.2, 0.25) is 0 Å². The lowest BCUT2D eigenvalue weighted by molar-refractivity contribution is 0.0568. The summed E-state index contributed by atoms with van der Waals surface area (Å²) in [6, 6.07) is 5.09. The highest BCUT2D eigenvalue weighted by Crippen LogP contribution is 2.21. The van der Waals surface area contributed by atoms with E-state index in [4.69, 9.17) is 0 Å². The second kappa shape index (κ2) is 5.04. The smallest absolute Gasteiger partial charge is 0.261 e. The van der Waals surface area contributed by atoms with Gasteiger partial charge in [0.2, 0.25) is 0 Å². The van der Waals surface area contributed by atoms with Gasteiger partial charge in [0, 0.05) is 18.1 Å². The van der Waals surface area contributed by atoms with Crippen LogP contribution in [-0.2, 0) is 0 Å². The number of pyridine rings is 1. The number of rotatable bonds is 3. The third kappa shape index (κ3) is 2.51. The maximum Gasteiger partial charge on any atom is 0.333 e. The molecule has 0 aromatic carbocycles. The highest BCUT2D eigenvalue weighted by molar-refractivity contribution is 5.52. The van der Waals surface area contributed by atoms with Gasteiger partial charge in [0.1, 0.15) is 11.5 Å². The van der Waals surface area contributed by atoms with Gasteiger partial charge in [-0.2, -0.15) is 19.0 Å². The van der Waals surface area contributed by atoms with Crippen molar-refractivity contribution in [1.29, 1.82) is 0 Å². The fourth-order valence-electron chi connectivity index (χ4n) is 1.99. The van der Waals surface area contributed by atoms with Crippen molar-refractivity contribution in [3.63, 3.8) is 0 Å². The van der Waals surface area contributed by atoms with Crippen molar-refractivity contribution in [2.45, 2.75) is 20.4 Å². The first-order chi connectivity index (χ1) is 10.0. The largest absolute Gasteiger partial charge is 0.333 e. The fourth-order valence-corrected chi connectivity index (χ4v) is 1.99. The Balaban J connectivity index is 2.11. The molecule has 0 aliphatic rings. The Morgan fingerprint density at radius 1 is 1.14 bits per heavy atom. The zero-order valence-electron chi connectivity index (χ0n) is 11.4. The minimum atomic E-state index is -2.68. The molecule has 3 aromatic rings. The van der Waals surface area contributed by atoms with E-state index in [2.05, 4.69) is 20.2 Å². The third-order valence-electron chi connectivity index (χ3n) is 2.88. The first-order valence-corrected chi connectivity index (χ1v) is 6.25. The average molecular weight is 290 g/mol. The first kappa shape index (κ1) is 13.3. The van der Waals surface area contributed by atoms with E-state index in [1.54, 1.807) is 23.9 Å². The molecule has 0 aliphatic heterocycles. The van der Waals surface area contributed by atoms with Crippen LogP contribution >= 0.6 is 0 Å². The summed E-state index contributed by atoms with van der Waals surface area (Å²) in [5.74, 6) is 0.948. The summed E-state index contributed by atoms with van der Waals surface area (Å²) >= 11 is 0. The van der Waals surface area contributed by atoms with Crippen molar-refractivity contribution in [2.75, 3.05) is 0 Å². The summed E-state index contributed by atoms with van der Waals surface area (Å²) in [7, 11) is 0. The van der Waals surface area contributed by atoms with Crippen molar-refractivity contribution in [1.82, 2.24) is 29.5 Å². The quantitative estimate of drug-likeness (QED) is 0.743. The molecule has 0 saturated carbocycles. The number of hydrogen-bond donors (Lipinski definition) is 0. The van der Waals surface area contributed by atoms with E-state index in [-0.39, 0.29) is 0 Å². The van der Waals surface area contributed by atoms with Gasteiger partial charge in [0.05, 0.1) is 5.69 Å². The van der Waals surface area contributed by atoms with Crippen LogP contribution in [0.4, 0.5) is 8.78 Å². The zero-order valence-corrected chi connectivity index (χ0v) is 11.4. The van der Waals surface area contributed by atoms with Gasteiger partial charge < -0.3 is 0 Å². The molecule has 0 fully saturated rings. The summed E-state index contributed by atoms with van der Waals surface area (Å²) in [5, 5.41) is 8.12. The van der Waals surface area contributed by atoms with Gasteiger partial charge >= 0.3 is 6.55 Å². The molecule has 3 aromatic heterocycles. The highest BCUT2D eigenvalue weighted by atomic mass is 19.3. The zero-order chi connectivity index (χ0) is 15.0. The van der Waals surface area contributed by atoms with Gasteiger partial charge in [-0.15, -0.1) is 0 Å². The van der Waals surface area contributed by atoms with Gasteiger partial charge in [0.25, 0.3) is 0 Å². The Labute approximate surface area is 119 Å². The van der Waals surface area contributed by atoms with Gasteiger partial charge in [-0.05, 0) is 32.0 Å². The molecule has 0 atom stereocenters. The van der Waals surface area contributed by atoms with Crippen molar-refractivity contribution in [3.8, 4) is 17.2 Å². The number of aryl methyl sites for hydroxylation is 2. The summed E-state index contributed by atoms with van der Waals surface area (Å²) in [6.07, 6.45) is 2.87. The maximum absolute atomic E-state index is 12.6. The second-order valence-corrected chi connectivity index (χ2v) is 4.51. The highest BCUT2D eigenvalue weighted by Gasteiger charge is 2.16. The molecule has 21 heavy (non-hydrogen) atoms. The van der Waals surface area contributed by atoms with Gasteiger partial charge in [0.15, 0.2) is 5.82 Å². The van der Waals surface area contributed by atoms with E-state index < -0.39 is 6.55 Å². The fraction of sp³-hybridized carbons (Fsp3) is 0.231. The van der Waals surface area contributed by atoms with Crippen LogP contribution in [0.5, 0.6) is 0 Å². The van der Waals surface area contributed by atoms with E-state index in [1.165, 1.54) is 12.3 Å². The van der Waals surface area contributed by atoms with E-state index in [0.29, 0.717) is 22.0 Å². The maximum atomic E-state index is 12.6. The molecule has 0 radical (unpaired) electrons. The number of nitrogens with zero attached hydrogens (tertiary/aromatic N) is 6. The molecule has 0 amide bonds. The average Bonchev–Trinajstić information content (AvgIpc) is 3.04. The molecule has 0 unspecified atom stereocenters. The van der Waals surface area contributed by atoms with Gasteiger partial charge in [-0.3, -0.25) is 4.98 Å². The number of hydrogen-bond acceptors (Lipinski definition) is 4. The Kier molecular flexibility index (Phi) is 3.20. The van der Waals surface area contributed by atoms with Crippen molar-refractivity contribution in [2.24, 2.45) is 0 Å². The number of halogens is 2. The molecule has 3 heterocycles. The van der Waals surface area contributed by atoms with E-state index in [9.17, 15) is 8.78 Å². The van der Waals surface area contributed by atoms with Crippen LogP contribution in [0.1, 0.15) is 18.1 Å². The van der Waals surface area contributed by atoms with Crippen LogP contribution in [-0.4, -0.2) is 29.5 Å². The van der Waals surface area contributed by atoms with Crippen LogP contribution in [0.3, 0.4) is 0 Å². The molecule has 0 N–H and O–H groups in total. The SMILES string of the molecule is Cc1cc(-n2nc(C)nc2-c2ccn(C(F)F)n2)ccn1. The molecular weight excluding hydrogens is 278 g/mol. The van der Waals surface area contributed by atoms with E-state index in [0.717, 1.165) is 11.4 Å². The predicted octanol–water partition coefficient (Wildman–Crippen LogP) is 2.54. The van der Waals surface area contributed by atoms with Crippen molar-refractivity contribution in [3.05, 3.63) is 42.1 Å². The molecule has 0 aliphatic carbocycles. The number of alkyl halides is 2. The Bertz CT molecular complexity index is 777. The summed E-state index contributed by atoms with van der Waals surface area (Å²) < 4.78 is 27.4. The summed E-state index contributed by atoms with van der Waals surface area (Å²) in [4.78, 5) is 8.39. The molecule has 8 heteroatoms. The Morgan fingerprint density at radius 2 is 1.95 bits per heavy atom. The Hall–Kier alpha value is -2.64. The van der Waals surface area contributed by atoms with Crippen molar-refractivity contribution >= 4 is 0 Å². The molecule has 108 valence electrons. The van der Waals surface area contributed by atoms with Gasteiger partial charge in [-0.1, -0.05) is 0 Å². The molecular formula is C13H12F2N6. The molecule has 3 rings (SSSR count). The van der Waals surface area contributed by atoms with E-state index in [1.807, 2.05) is 13.0 Å². The predicted molar refractivity (Wildman–Crippen MR) is 71.1 cm³/mol. The molecule has 0 spiro atoms. The third-order valence-corrected chi connectivity index (χ3v) is 2.88. The monoisotopic (exact) mass is 290 g/mol. The summed E-state index contributed by atoms with van der Waals surface area (Å²) in [5.41, 5.74) is 1.92. The normalized spacial score (nSPS) is 11.3. The second-order valence-electron chi connectivity index (χ2n) is 4.51. The first-order valence-electron chi connectivity index (χ1n) is 6.25. The van der Waals surface area contributed by atoms with Crippen LogP contribution < -0.4 is 0 Å². The number of aromatic nitrogens is 6. The lowest BCUT2D eigenvalue weighted by Gasteiger charge is -2.04. The molecule has 0 saturated heterocycles. The van der Waals surface area contributed by atoms with Crippen LogP contribution in [0.15, 0.2) is 30.6 Å². The molecule has 6 nitrogen and oxygen atoms in total. The minimum Gasteiger partial charge on any atom is -0.261 e. The van der Waals surface area contributed by atoms with Gasteiger partial charge in [-0.25, -0.2) is 14.3 Å². The van der Waals surface area contributed by atoms with Crippen LogP contribution in [0, 0.1) is 13.8 Å². The Morgan fingerprint density at radius 3 is 2.62 bits per heavy atom. The molecule has 0 bridgehead atoms. The lowest BCUT2D eigenvalue weighted by atomic mass is 10.3. The van der Waals surface area contributed by atoms with E-state index >= 15 is 0 Å². The van der Waals surface area contributed by atoms with Crippen molar-refractivity contribution < 1.29 is 8.78 Å².